The molecule has 19 rings (SSSR count). The third-order valence-corrected chi connectivity index (χ3v) is 30.4. The molecule has 1 unspecified atom stereocenters. The molecule has 0 radical (unpaired) electrons. The Morgan fingerprint density at radius 3 is 0.967 bits per heavy atom. The van der Waals surface area contributed by atoms with Crippen LogP contribution >= 0.6 is 45.3 Å². The molecule has 36 heteroatoms. The largest absolute Gasteiger partial charge is 0.396 e. The van der Waals surface area contributed by atoms with Crippen molar-refractivity contribution in [3.05, 3.63) is 252 Å². The Morgan fingerprint density at radius 1 is 0.373 bits per heavy atom. The second-order valence-corrected chi connectivity index (χ2v) is 47.0. The Morgan fingerprint density at radius 2 is 0.660 bits per heavy atom. The number of thiazole rings is 4. The van der Waals surface area contributed by atoms with E-state index in [-0.39, 0.29) is 89.0 Å². The average molecular weight is 2090 g/mol. The van der Waals surface area contributed by atoms with Crippen molar-refractivity contribution in [1.82, 2.24) is 114 Å². The summed E-state index contributed by atoms with van der Waals surface area (Å²) in [5.74, 6) is 28.4. The summed E-state index contributed by atoms with van der Waals surface area (Å²) in [5, 5.41) is 41.2. The number of hydrogen-bond donors (Lipinski definition) is 5. The highest BCUT2D eigenvalue weighted by Crippen LogP contribution is 2.36. The van der Waals surface area contributed by atoms with Crippen LogP contribution in [0, 0.1) is 92.8 Å². The Balaban J connectivity index is 0.000000142. The van der Waals surface area contributed by atoms with Crippen molar-refractivity contribution in [1.29, 1.82) is 0 Å². The van der Waals surface area contributed by atoms with E-state index < -0.39 is 0 Å². The van der Waals surface area contributed by atoms with Gasteiger partial charge in [-0.3, -0.25) is 19.2 Å². The number of benzene rings is 4. The number of hydrogen-bond acceptors (Lipinski definition) is 32. The summed E-state index contributed by atoms with van der Waals surface area (Å²) in [6.45, 7) is 43.3. The van der Waals surface area contributed by atoms with Gasteiger partial charge in [-0.1, -0.05) is 162 Å². The fourth-order valence-corrected chi connectivity index (χ4v) is 21.6. The van der Waals surface area contributed by atoms with Gasteiger partial charge in [0.15, 0.2) is 65.8 Å². The number of nitrogen functional groups attached to an aromatic ring is 4. The highest BCUT2D eigenvalue weighted by Gasteiger charge is 2.32. The van der Waals surface area contributed by atoms with Crippen LogP contribution in [0.2, 0.25) is 0 Å². The molecular weight excluding hydrogens is 1960 g/mol. The number of aliphatic hydroxyl groups excluding tert-OH is 1. The van der Waals surface area contributed by atoms with Crippen LogP contribution in [-0.4, -0.2) is 209 Å². The van der Waals surface area contributed by atoms with Gasteiger partial charge in [0.05, 0.1) is 50.4 Å². The number of aromatic nitrogens is 20. The SMILES string of the molecule is Cc1ccc(CC(=O)c2nc(C(C)(C)C)cs2)cc1C#Cc1nn(CC2CCN(C)C2)c2ncnc(N)c12.Cc1ccc(CC(=O)c2nc(C(C)(C)C)cs2)cc1C#Cc1nn(CC2CCN(C)CC2)c2ncnc(N)c12.Cc1ccc(CC(=O)c2nc(C(C)(C)C)cs2)cc1C#Cc1nn(C[C@@H](C)CO)c2ncnc(N)c12.Cc1ccc(CC(=O)c2nc(C(C)(C)C)cs2)cc1C#Cc1nn([C@@H]2CCN(C)C2)c2ncnc(N)c12. The number of aliphatic hydroxyl groups is 1. The van der Waals surface area contributed by atoms with E-state index in [1.165, 1.54) is 70.7 Å². The zero-order chi connectivity index (χ0) is 107. The summed E-state index contributed by atoms with van der Waals surface area (Å²) in [5.41, 5.74) is 44.2. The molecule has 3 aliphatic rings. The first kappa shape index (κ1) is 108. The highest BCUT2D eigenvalue weighted by atomic mass is 32.1. The van der Waals surface area contributed by atoms with Crippen LogP contribution in [0.25, 0.3) is 44.1 Å². The zero-order valence-electron chi connectivity index (χ0n) is 88.9. The summed E-state index contributed by atoms with van der Waals surface area (Å²) in [6, 6.07) is 23.9. The van der Waals surface area contributed by atoms with Crippen molar-refractivity contribution in [2.45, 2.75) is 216 Å². The lowest BCUT2D eigenvalue weighted by Crippen LogP contribution is -2.32. The minimum Gasteiger partial charge on any atom is -0.396 e. The smallest absolute Gasteiger partial charge is 0.195 e. The minimum absolute atomic E-state index is 0.00104. The molecule has 0 saturated carbocycles. The number of rotatable bonds is 20. The van der Waals surface area contributed by atoms with Crippen molar-refractivity contribution >= 4 is 136 Å². The molecule has 4 aromatic carbocycles. The van der Waals surface area contributed by atoms with Gasteiger partial charge < -0.3 is 42.7 Å². The van der Waals surface area contributed by atoms with Crippen LogP contribution in [0.5, 0.6) is 0 Å². The summed E-state index contributed by atoms with van der Waals surface area (Å²) in [7, 11) is 6.41. The number of piperidine rings is 1. The van der Waals surface area contributed by atoms with E-state index >= 15 is 0 Å². The van der Waals surface area contributed by atoms with Gasteiger partial charge in [-0.05, 0) is 204 Å². The van der Waals surface area contributed by atoms with Gasteiger partial charge >= 0.3 is 0 Å². The Labute approximate surface area is 891 Å². The van der Waals surface area contributed by atoms with Crippen molar-refractivity contribution in [2.75, 3.05) is 90.0 Å². The molecule has 32 nitrogen and oxygen atoms in total. The van der Waals surface area contributed by atoms with Gasteiger partial charge in [-0.2, -0.15) is 20.4 Å². The second kappa shape index (κ2) is 45.9. The fourth-order valence-electron chi connectivity index (χ4n) is 17.6. The molecule has 150 heavy (non-hydrogen) atoms. The molecular formula is C114H129N27O5S4. The fraction of sp³-hybridized carbons (Fsp3) is 0.404. The molecule has 0 spiro atoms. The molecule has 3 saturated heterocycles. The molecule has 0 aliphatic carbocycles. The highest BCUT2D eigenvalue weighted by molar-refractivity contribution is 7.12. The van der Waals surface area contributed by atoms with Gasteiger partial charge in [0, 0.05) is 137 Å². The number of carbonyl (C=O) groups excluding carboxylic acids is 4. The minimum atomic E-state index is -0.0939. The molecule has 9 N–H and O–H groups in total. The van der Waals surface area contributed by atoms with E-state index in [1.54, 1.807) is 4.68 Å². The molecule has 15 heterocycles. The zero-order valence-corrected chi connectivity index (χ0v) is 92.2. The van der Waals surface area contributed by atoms with Crippen LogP contribution in [-0.2, 0) is 67.0 Å². The van der Waals surface area contributed by atoms with Gasteiger partial charge in [0.1, 0.15) is 71.4 Å². The van der Waals surface area contributed by atoms with E-state index in [0.717, 1.165) is 173 Å². The van der Waals surface area contributed by atoms with Crippen LogP contribution in [0.15, 0.2) is 120 Å². The number of likely N-dealkylation sites (tertiary alicyclic amines) is 3. The Kier molecular flexibility index (Phi) is 33.2. The summed E-state index contributed by atoms with van der Waals surface area (Å²) in [6.07, 6.45) is 11.3. The van der Waals surface area contributed by atoms with Crippen molar-refractivity contribution in [3.63, 3.8) is 0 Å². The number of aryl methyl sites for hydroxylation is 4. The maximum atomic E-state index is 13.0. The first-order valence-corrected chi connectivity index (χ1v) is 53.8. The first-order chi connectivity index (χ1) is 71.3. The number of fused-ring (bicyclic) bond motifs is 4. The predicted molar refractivity (Wildman–Crippen MR) is 596 cm³/mol. The molecule has 0 bridgehead atoms. The van der Waals surface area contributed by atoms with E-state index in [4.69, 9.17) is 38.2 Å². The number of Topliss-reactive ketones (excluding diaryl/α,β-unsaturated/α-hetero) is 4. The van der Waals surface area contributed by atoms with E-state index in [9.17, 15) is 24.3 Å². The summed E-state index contributed by atoms with van der Waals surface area (Å²) in [4.78, 5) is 111. The first-order valence-electron chi connectivity index (χ1n) is 50.3. The van der Waals surface area contributed by atoms with Crippen LogP contribution in [0.3, 0.4) is 0 Å². The second-order valence-electron chi connectivity index (χ2n) is 43.5. The van der Waals surface area contributed by atoms with Crippen molar-refractivity contribution < 1.29 is 24.3 Å². The summed E-state index contributed by atoms with van der Waals surface area (Å²) >= 11 is 5.62. The monoisotopic (exact) mass is 2080 g/mol. The molecule has 0 amide bonds. The van der Waals surface area contributed by atoms with Gasteiger partial charge in [-0.15, -0.1) is 45.3 Å². The topological polar surface area (TPSA) is 428 Å². The quantitative estimate of drug-likeness (QED) is 0.0349. The standard InChI is InChI=1S/C30H35N7OS.C29H33N7OS.C28H31N7OS.C27H30N6O2S/c1-19-6-7-21(15-24(38)29-34-25(17-39-29)30(2,3)4)14-22(19)8-9-23-26-27(31)32-18-33-28(26)37(35-23)16-20-10-12-36(5)13-11-20;1-18-6-7-19(13-23(37)28-33-24(16-38-28)29(2,3)4)12-21(18)8-9-22-25-26(30)31-17-32-27(25)36(34-22)15-20-10-11-35(5)14-20;1-17-6-7-18(13-22(36)27-32-23(15-37-27)28(2,3)4)12-19(17)8-9-21-24-25(29)30-16-31-26(24)35(33-21)20-10-11-34(5)14-20;1-16(13-34)12-33-25-23(24(28)29-15-30-25)20(32-33)9-8-19-10-18(7-6-17(19)2)11-21(35)26-31-22(14-36-26)27(3,4)5/h6-7,14,17-18,20H,10-13,15-16H2,1-5H3,(H2,31,32,33);6-7,12,16-17,20H,10-11,13-15H2,1-5H3,(H2,30,31,32);6-7,12,15-16,20H,10-11,13-14H2,1-5H3,(H2,29,30,31);6-7,10,14-16,34H,11-13H2,1-5H3,(H2,28,29,30)/t;;20-;16-/m..11/s1. The lowest BCUT2D eigenvalue weighted by molar-refractivity contribution is 0.0984. The van der Waals surface area contributed by atoms with Crippen molar-refractivity contribution in [2.24, 2.45) is 17.8 Å². The van der Waals surface area contributed by atoms with Gasteiger partial charge in [0.25, 0.3) is 0 Å². The van der Waals surface area contributed by atoms with E-state index in [2.05, 4.69) is 231 Å². The summed E-state index contributed by atoms with van der Waals surface area (Å²) < 4.78 is 7.51. The average Bonchev–Trinajstić information content (AvgIpc) is 1.63. The molecule has 3 atom stereocenters. The van der Waals surface area contributed by atoms with Gasteiger partial charge in [-0.25, -0.2) is 78.5 Å². The third-order valence-electron chi connectivity index (χ3n) is 26.9. The number of ketones is 4. The number of likely N-dealkylation sites (N-methyl/N-ethyl adjacent to an activating group) is 1. The number of anilines is 4. The predicted octanol–water partition coefficient (Wildman–Crippen LogP) is 17.0. The van der Waals surface area contributed by atoms with E-state index in [1.807, 2.05) is 143 Å². The Bertz CT molecular complexity index is 8050. The number of nitrogens with two attached hydrogens (primary N) is 4. The Hall–Kier alpha value is -14.4. The third kappa shape index (κ3) is 26.2. The number of carbonyl (C=O) groups is 4. The maximum absolute atomic E-state index is 13.0. The van der Waals surface area contributed by atoms with Crippen molar-refractivity contribution in [3.8, 4) is 47.4 Å². The molecule has 3 fully saturated rings. The molecule has 3 aliphatic heterocycles. The normalized spacial score (nSPS) is 14.9. The van der Waals surface area contributed by atoms with Crippen LogP contribution in [0.4, 0.5) is 23.3 Å². The molecule has 12 aromatic heterocycles. The molecule has 16 aromatic rings. The van der Waals surface area contributed by atoms with Crippen LogP contribution < -0.4 is 22.9 Å². The van der Waals surface area contributed by atoms with Crippen LogP contribution in [0.1, 0.15) is 273 Å². The number of nitrogens with zero attached hydrogens (tertiary/aromatic N) is 23. The van der Waals surface area contributed by atoms with E-state index in [0.29, 0.717) is 123 Å². The lowest BCUT2D eigenvalue weighted by atomic mass is 9.93. The lowest BCUT2D eigenvalue weighted by Gasteiger charge is -2.28. The van der Waals surface area contributed by atoms with Gasteiger partial charge in [0.2, 0.25) is 0 Å². The maximum Gasteiger partial charge on any atom is 0.195 e. The molecule has 774 valence electrons.